The molecular formula is C15H11BrFNO2. The average Bonchev–Trinajstić information content (AvgIpc) is 2.45. The van der Waals surface area contributed by atoms with Crippen LogP contribution >= 0.6 is 15.9 Å². The SMILES string of the molecule is COC(=O)c1cc(F)ccc1/N=C/c1cccc(Br)c1. The van der Waals surface area contributed by atoms with Gasteiger partial charge >= 0.3 is 5.97 Å². The summed E-state index contributed by atoms with van der Waals surface area (Å²) in [5.41, 5.74) is 1.32. The second kappa shape index (κ2) is 6.43. The molecule has 0 aliphatic carbocycles. The molecule has 102 valence electrons. The second-order valence-corrected chi connectivity index (χ2v) is 4.88. The normalized spacial score (nSPS) is 10.8. The molecule has 0 aromatic heterocycles. The highest BCUT2D eigenvalue weighted by molar-refractivity contribution is 9.10. The Kier molecular flexibility index (Phi) is 4.63. The summed E-state index contributed by atoms with van der Waals surface area (Å²) in [5, 5.41) is 0. The number of aliphatic imine (C=N–C) groups is 1. The molecular weight excluding hydrogens is 325 g/mol. The molecule has 0 saturated carbocycles. The molecule has 0 unspecified atom stereocenters. The number of rotatable bonds is 3. The summed E-state index contributed by atoms with van der Waals surface area (Å²) in [5.74, 6) is -1.13. The molecule has 2 aromatic carbocycles. The van der Waals surface area contributed by atoms with Gasteiger partial charge in [-0.3, -0.25) is 4.99 Å². The number of halogens is 2. The van der Waals surface area contributed by atoms with Crippen molar-refractivity contribution in [2.75, 3.05) is 7.11 Å². The standard InChI is InChI=1S/C15H11BrFNO2/c1-20-15(19)13-8-12(17)5-6-14(13)18-9-10-3-2-4-11(16)7-10/h2-9H,1H3/b18-9+. The largest absolute Gasteiger partial charge is 0.465 e. The van der Waals surface area contributed by atoms with Gasteiger partial charge in [0, 0.05) is 10.7 Å². The molecule has 0 spiro atoms. The Balaban J connectivity index is 2.36. The van der Waals surface area contributed by atoms with Crippen molar-refractivity contribution < 1.29 is 13.9 Å². The van der Waals surface area contributed by atoms with Crippen LogP contribution in [-0.4, -0.2) is 19.3 Å². The number of methoxy groups -OCH3 is 1. The molecule has 0 atom stereocenters. The van der Waals surface area contributed by atoms with Crippen molar-refractivity contribution in [3.8, 4) is 0 Å². The van der Waals surface area contributed by atoms with Gasteiger partial charge in [-0.05, 0) is 35.9 Å². The second-order valence-electron chi connectivity index (χ2n) is 3.97. The van der Waals surface area contributed by atoms with Crippen LogP contribution in [0, 0.1) is 5.82 Å². The first-order chi connectivity index (χ1) is 9.60. The van der Waals surface area contributed by atoms with E-state index in [4.69, 9.17) is 0 Å². The molecule has 0 saturated heterocycles. The van der Waals surface area contributed by atoms with Crippen LogP contribution < -0.4 is 0 Å². The van der Waals surface area contributed by atoms with E-state index in [1.165, 1.54) is 19.2 Å². The molecule has 2 rings (SSSR count). The van der Waals surface area contributed by atoms with E-state index in [-0.39, 0.29) is 5.56 Å². The number of carbonyl (C=O) groups is 1. The van der Waals surface area contributed by atoms with Crippen molar-refractivity contribution >= 4 is 33.8 Å². The Morgan fingerprint density at radius 3 is 2.80 bits per heavy atom. The van der Waals surface area contributed by atoms with Gasteiger partial charge in [0.05, 0.1) is 18.4 Å². The Bertz CT molecular complexity index is 671. The molecule has 0 heterocycles. The van der Waals surface area contributed by atoms with Crippen LogP contribution in [0.1, 0.15) is 15.9 Å². The molecule has 0 amide bonds. The molecule has 0 radical (unpaired) electrons. The van der Waals surface area contributed by atoms with Crippen LogP contribution in [-0.2, 0) is 4.74 Å². The van der Waals surface area contributed by atoms with Gasteiger partial charge in [-0.15, -0.1) is 0 Å². The molecule has 0 fully saturated rings. The Morgan fingerprint density at radius 2 is 2.10 bits per heavy atom. The van der Waals surface area contributed by atoms with Gasteiger partial charge in [0.1, 0.15) is 5.82 Å². The van der Waals surface area contributed by atoms with Crippen molar-refractivity contribution in [1.29, 1.82) is 0 Å². The van der Waals surface area contributed by atoms with Gasteiger partial charge in [0.25, 0.3) is 0 Å². The fraction of sp³-hybridized carbons (Fsp3) is 0.0667. The summed E-state index contributed by atoms with van der Waals surface area (Å²) in [4.78, 5) is 15.8. The quantitative estimate of drug-likeness (QED) is 0.625. The minimum Gasteiger partial charge on any atom is -0.465 e. The Morgan fingerprint density at radius 1 is 1.30 bits per heavy atom. The number of ether oxygens (including phenoxy) is 1. The average molecular weight is 336 g/mol. The molecule has 3 nitrogen and oxygen atoms in total. The minimum atomic E-state index is -0.620. The lowest BCUT2D eigenvalue weighted by Gasteiger charge is -2.03. The lowest BCUT2D eigenvalue weighted by Crippen LogP contribution is -2.02. The predicted molar refractivity (Wildman–Crippen MR) is 79.1 cm³/mol. The van der Waals surface area contributed by atoms with Crippen LogP contribution in [0.3, 0.4) is 0 Å². The van der Waals surface area contributed by atoms with Gasteiger partial charge in [-0.1, -0.05) is 28.1 Å². The smallest absolute Gasteiger partial charge is 0.340 e. The van der Waals surface area contributed by atoms with Crippen LogP contribution in [0.2, 0.25) is 0 Å². The fourth-order valence-electron chi connectivity index (χ4n) is 1.63. The summed E-state index contributed by atoms with van der Waals surface area (Å²) < 4.78 is 18.7. The number of hydrogen-bond acceptors (Lipinski definition) is 3. The Hall–Kier alpha value is -2.01. The Labute approximate surface area is 124 Å². The van der Waals surface area contributed by atoms with Gasteiger partial charge in [0.15, 0.2) is 0 Å². The predicted octanol–water partition coefficient (Wildman–Crippen LogP) is 4.13. The molecule has 0 aliphatic rings. The highest BCUT2D eigenvalue weighted by Crippen LogP contribution is 2.21. The van der Waals surface area contributed by atoms with Crippen molar-refractivity contribution in [2.45, 2.75) is 0 Å². The van der Waals surface area contributed by atoms with Crippen molar-refractivity contribution in [1.82, 2.24) is 0 Å². The van der Waals surface area contributed by atoms with E-state index in [1.54, 1.807) is 6.21 Å². The van der Waals surface area contributed by atoms with E-state index in [1.807, 2.05) is 24.3 Å². The van der Waals surface area contributed by atoms with Crippen LogP contribution in [0.5, 0.6) is 0 Å². The highest BCUT2D eigenvalue weighted by atomic mass is 79.9. The van der Waals surface area contributed by atoms with E-state index in [9.17, 15) is 9.18 Å². The maximum Gasteiger partial charge on any atom is 0.340 e. The van der Waals surface area contributed by atoms with Crippen molar-refractivity contribution in [2.24, 2.45) is 4.99 Å². The minimum absolute atomic E-state index is 0.0961. The topological polar surface area (TPSA) is 38.7 Å². The van der Waals surface area contributed by atoms with Crippen molar-refractivity contribution in [3.05, 3.63) is 63.9 Å². The first-order valence-electron chi connectivity index (χ1n) is 5.77. The lowest BCUT2D eigenvalue weighted by atomic mass is 10.1. The third-order valence-electron chi connectivity index (χ3n) is 2.57. The number of carbonyl (C=O) groups excluding carboxylic acids is 1. The van der Waals surface area contributed by atoms with Gasteiger partial charge < -0.3 is 4.74 Å². The fourth-order valence-corrected chi connectivity index (χ4v) is 2.04. The van der Waals surface area contributed by atoms with Gasteiger partial charge in [-0.2, -0.15) is 0 Å². The lowest BCUT2D eigenvalue weighted by molar-refractivity contribution is 0.0601. The number of hydrogen-bond donors (Lipinski definition) is 0. The van der Waals surface area contributed by atoms with Gasteiger partial charge in [0.2, 0.25) is 0 Å². The van der Waals surface area contributed by atoms with E-state index in [0.717, 1.165) is 16.1 Å². The summed E-state index contributed by atoms with van der Waals surface area (Å²) in [6.45, 7) is 0. The van der Waals surface area contributed by atoms with Crippen LogP contribution in [0.15, 0.2) is 51.9 Å². The molecule has 2 aromatic rings. The van der Waals surface area contributed by atoms with Crippen LogP contribution in [0.25, 0.3) is 0 Å². The van der Waals surface area contributed by atoms with E-state index >= 15 is 0 Å². The summed E-state index contributed by atoms with van der Waals surface area (Å²) in [6, 6.07) is 11.3. The maximum atomic E-state index is 13.2. The van der Waals surface area contributed by atoms with E-state index in [2.05, 4.69) is 25.7 Å². The maximum absolute atomic E-state index is 13.2. The molecule has 0 aliphatic heterocycles. The number of nitrogens with zero attached hydrogens (tertiary/aromatic N) is 1. The first-order valence-corrected chi connectivity index (χ1v) is 6.57. The third kappa shape index (κ3) is 3.51. The van der Waals surface area contributed by atoms with Crippen molar-refractivity contribution in [3.63, 3.8) is 0 Å². The molecule has 0 N–H and O–H groups in total. The zero-order valence-electron chi connectivity index (χ0n) is 10.6. The number of benzene rings is 2. The van der Waals surface area contributed by atoms with Gasteiger partial charge in [-0.25, -0.2) is 9.18 Å². The highest BCUT2D eigenvalue weighted by Gasteiger charge is 2.12. The molecule has 0 bridgehead atoms. The number of esters is 1. The van der Waals surface area contributed by atoms with E-state index in [0.29, 0.717) is 5.69 Å². The summed E-state index contributed by atoms with van der Waals surface area (Å²) in [7, 11) is 1.25. The monoisotopic (exact) mass is 335 g/mol. The summed E-state index contributed by atoms with van der Waals surface area (Å²) in [6.07, 6.45) is 1.60. The molecule has 20 heavy (non-hydrogen) atoms. The first kappa shape index (κ1) is 14.4. The third-order valence-corrected chi connectivity index (χ3v) is 3.06. The zero-order chi connectivity index (χ0) is 14.5. The van der Waals surface area contributed by atoms with E-state index < -0.39 is 11.8 Å². The zero-order valence-corrected chi connectivity index (χ0v) is 12.2. The van der Waals surface area contributed by atoms with Crippen LogP contribution in [0.4, 0.5) is 10.1 Å². The summed E-state index contributed by atoms with van der Waals surface area (Å²) >= 11 is 3.36. The molecule has 5 heteroatoms.